The third-order valence-corrected chi connectivity index (χ3v) is 4.92. The van der Waals surface area contributed by atoms with E-state index in [9.17, 15) is 4.79 Å². The second kappa shape index (κ2) is 7.36. The van der Waals surface area contributed by atoms with Crippen LogP contribution >= 0.6 is 11.3 Å². The predicted molar refractivity (Wildman–Crippen MR) is 94.8 cm³/mol. The topological polar surface area (TPSA) is 76.2 Å². The van der Waals surface area contributed by atoms with Crippen LogP contribution in [0, 0.1) is 13.8 Å². The quantitative estimate of drug-likeness (QED) is 0.780. The smallest absolute Gasteiger partial charge is 0.340 e. The predicted octanol–water partition coefficient (Wildman–Crippen LogP) is 3.52. The van der Waals surface area contributed by atoms with E-state index in [2.05, 4.69) is 15.3 Å². The van der Waals surface area contributed by atoms with Crippen molar-refractivity contribution in [3.8, 4) is 11.3 Å². The van der Waals surface area contributed by atoms with E-state index in [0.717, 1.165) is 53.8 Å². The van der Waals surface area contributed by atoms with Gasteiger partial charge in [-0.3, -0.25) is 0 Å². The molecule has 7 heteroatoms. The first-order chi connectivity index (χ1) is 11.6. The lowest BCUT2D eigenvalue weighted by Crippen LogP contribution is -2.18. The van der Waals surface area contributed by atoms with Crippen LogP contribution in [0.4, 0.5) is 5.13 Å². The Balaban J connectivity index is 1.80. The van der Waals surface area contributed by atoms with Gasteiger partial charge in [0.05, 0.1) is 24.0 Å². The summed E-state index contributed by atoms with van der Waals surface area (Å²) in [5.41, 5.74) is 3.92. The molecule has 1 fully saturated rings. The van der Waals surface area contributed by atoms with Gasteiger partial charge in [0.25, 0.3) is 0 Å². The molecule has 130 valence electrons. The standard InChI is InChI=1S/C17H23N3O3S/c1-4-22-16(21)15-11(3)19-10(2)14(15)13-9-24-17(20-13)18-8-12-6-5-7-23-12/h9,12,19H,4-8H2,1-3H3,(H,18,20). The number of aromatic nitrogens is 2. The number of rotatable bonds is 6. The number of aromatic amines is 1. The van der Waals surface area contributed by atoms with Crippen molar-refractivity contribution in [3.63, 3.8) is 0 Å². The lowest BCUT2D eigenvalue weighted by Gasteiger charge is -2.09. The third kappa shape index (κ3) is 3.47. The van der Waals surface area contributed by atoms with Gasteiger partial charge < -0.3 is 19.8 Å². The monoisotopic (exact) mass is 349 g/mol. The molecule has 2 aromatic heterocycles. The fourth-order valence-electron chi connectivity index (χ4n) is 3.04. The van der Waals surface area contributed by atoms with Crippen molar-refractivity contribution in [2.75, 3.05) is 25.1 Å². The number of aryl methyl sites for hydroxylation is 2. The Kier molecular flexibility index (Phi) is 5.20. The van der Waals surface area contributed by atoms with Crippen molar-refractivity contribution >= 4 is 22.4 Å². The van der Waals surface area contributed by atoms with Crippen molar-refractivity contribution in [2.45, 2.75) is 39.7 Å². The number of nitrogens with zero attached hydrogens (tertiary/aromatic N) is 1. The summed E-state index contributed by atoms with van der Waals surface area (Å²) >= 11 is 1.54. The Labute approximate surface area is 145 Å². The van der Waals surface area contributed by atoms with Gasteiger partial charge in [-0.15, -0.1) is 11.3 Å². The van der Waals surface area contributed by atoms with Crippen LogP contribution in [0.3, 0.4) is 0 Å². The Morgan fingerprint density at radius 1 is 1.50 bits per heavy atom. The zero-order valence-corrected chi connectivity index (χ0v) is 15.1. The summed E-state index contributed by atoms with van der Waals surface area (Å²) in [7, 11) is 0. The van der Waals surface area contributed by atoms with E-state index in [1.807, 2.05) is 26.2 Å². The molecule has 6 nitrogen and oxygen atoms in total. The van der Waals surface area contributed by atoms with Gasteiger partial charge in [-0.2, -0.15) is 0 Å². The summed E-state index contributed by atoms with van der Waals surface area (Å²) in [6.07, 6.45) is 2.48. The molecule has 24 heavy (non-hydrogen) atoms. The molecule has 1 saturated heterocycles. The fourth-order valence-corrected chi connectivity index (χ4v) is 3.75. The summed E-state index contributed by atoms with van der Waals surface area (Å²) in [4.78, 5) is 20.1. The molecule has 1 aliphatic heterocycles. The molecule has 2 aromatic rings. The van der Waals surface area contributed by atoms with Crippen LogP contribution in [0.15, 0.2) is 5.38 Å². The van der Waals surface area contributed by atoms with Crippen LogP contribution in [-0.4, -0.2) is 41.8 Å². The number of nitrogens with one attached hydrogen (secondary N) is 2. The largest absolute Gasteiger partial charge is 0.462 e. The number of ether oxygens (including phenoxy) is 2. The van der Waals surface area contributed by atoms with Gasteiger partial charge in [0, 0.05) is 35.5 Å². The average molecular weight is 349 g/mol. The van der Waals surface area contributed by atoms with Crippen molar-refractivity contribution < 1.29 is 14.3 Å². The molecule has 0 spiro atoms. The highest BCUT2D eigenvalue weighted by molar-refractivity contribution is 7.14. The number of hydrogen-bond acceptors (Lipinski definition) is 6. The van der Waals surface area contributed by atoms with Crippen molar-refractivity contribution in [1.82, 2.24) is 9.97 Å². The second-order valence-corrected chi connectivity index (χ2v) is 6.76. The van der Waals surface area contributed by atoms with E-state index >= 15 is 0 Å². The van der Waals surface area contributed by atoms with Crippen LogP contribution in [0.25, 0.3) is 11.3 Å². The molecule has 3 rings (SSSR count). The number of carbonyl (C=O) groups excluding carboxylic acids is 1. The number of H-pyrrole nitrogens is 1. The van der Waals surface area contributed by atoms with Crippen LogP contribution in [0.2, 0.25) is 0 Å². The maximum absolute atomic E-state index is 12.3. The maximum atomic E-state index is 12.3. The minimum Gasteiger partial charge on any atom is -0.462 e. The fraction of sp³-hybridized carbons (Fsp3) is 0.529. The lowest BCUT2D eigenvalue weighted by atomic mass is 10.1. The molecule has 1 atom stereocenters. The Bertz CT molecular complexity index is 717. The van der Waals surface area contributed by atoms with Gasteiger partial charge in [-0.05, 0) is 33.6 Å². The SMILES string of the molecule is CCOC(=O)c1c(C)[nH]c(C)c1-c1csc(NCC2CCCO2)n1. The molecule has 0 bridgehead atoms. The number of thiazole rings is 1. The number of esters is 1. The summed E-state index contributed by atoms with van der Waals surface area (Å²) < 4.78 is 10.8. The van der Waals surface area contributed by atoms with E-state index in [0.29, 0.717) is 12.2 Å². The first-order valence-corrected chi connectivity index (χ1v) is 9.15. The molecular weight excluding hydrogens is 326 g/mol. The Hall–Kier alpha value is -1.86. The van der Waals surface area contributed by atoms with Gasteiger partial charge in [-0.1, -0.05) is 0 Å². The number of anilines is 1. The average Bonchev–Trinajstić information content (AvgIpc) is 3.25. The van der Waals surface area contributed by atoms with Crippen LogP contribution in [0.1, 0.15) is 41.5 Å². The van der Waals surface area contributed by atoms with Gasteiger partial charge in [0.15, 0.2) is 5.13 Å². The summed E-state index contributed by atoms with van der Waals surface area (Å²) in [6.45, 7) is 7.61. The molecule has 0 aliphatic carbocycles. The highest BCUT2D eigenvalue weighted by atomic mass is 32.1. The molecule has 1 unspecified atom stereocenters. The minimum atomic E-state index is -0.309. The van der Waals surface area contributed by atoms with Gasteiger partial charge in [-0.25, -0.2) is 9.78 Å². The highest BCUT2D eigenvalue weighted by Gasteiger charge is 2.23. The van der Waals surface area contributed by atoms with E-state index in [4.69, 9.17) is 9.47 Å². The Morgan fingerprint density at radius 2 is 2.33 bits per heavy atom. The van der Waals surface area contributed by atoms with Crippen molar-refractivity contribution in [3.05, 3.63) is 22.3 Å². The molecule has 0 saturated carbocycles. The van der Waals surface area contributed by atoms with Crippen molar-refractivity contribution in [2.24, 2.45) is 0 Å². The molecule has 0 aromatic carbocycles. The van der Waals surface area contributed by atoms with Crippen LogP contribution in [-0.2, 0) is 9.47 Å². The van der Waals surface area contributed by atoms with E-state index in [1.165, 1.54) is 11.3 Å². The first-order valence-electron chi connectivity index (χ1n) is 8.27. The third-order valence-electron chi connectivity index (χ3n) is 4.12. The summed E-state index contributed by atoms with van der Waals surface area (Å²) in [5.74, 6) is -0.309. The number of carbonyl (C=O) groups is 1. The summed E-state index contributed by atoms with van der Waals surface area (Å²) in [6, 6.07) is 0. The molecule has 3 heterocycles. The van der Waals surface area contributed by atoms with Crippen molar-refractivity contribution in [1.29, 1.82) is 0 Å². The molecule has 0 radical (unpaired) electrons. The van der Waals surface area contributed by atoms with E-state index < -0.39 is 0 Å². The maximum Gasteiger partial charge on any atom is 0.340 e. The van der Waals surface area contributed by atoms with Gasteiger partial charge in [0.1, 0.15) is 0 Å². The molecule has 1 aliphatic rings. The highest BCUT2D eigenvalue weighted by Crippen LogP contribution is 2.33. The van der Waals surface area contributed by atoms with E-state index in [-0.39, 0.29) is 12.1 Å². The van der Waals surface area contributed by atoms with Gasteiger partial charge in [0.2, 0.25) is 0 Å². The second-order valence-electron chi connectivity index (χ2n) is 5.90. The van der Waals surface area contributed by atoms with Crippen LogP contribution in [0.5, 0.6) is 0 Å². The normalized spacial score (nSPS) is 17.2. The van der Waals surface area contributed by atoms with Gasteiger partial charge >= 0.3 is 5.97 Å². The zero-order chi connectivity index (χ0) is 17.1. The molecule has 2 N–H and O–H groups in total. The minimum absolute atomic E-state index is 0.267. The Morgan fingerprint density at radius 3 is 3.04 bits per heavy atom. The summed E-state index contributed by atoms with van der Waals surface area (Å²) in [5, 5.41) is 6.14. The van der Waals surface area contributed by atoms with Crippen LogP contribution < -0.4 is 5.32 Å². The lowest BCUT2D eigenvalue weighted by molar-refractivity contribution is 0.0526. The molecular formula is C17H23N3O3S. The first kappa shape index (κ1) is 17.0. The van der Waals surface area contributed by atoms with E-state index in [1.54, 1.807) is 0 Å². The number of hydrogen-bond donors (Lipinski definition) is 2. The molecule has 0 amide bonds. The zero-order valence-electron chi connectivity index (χ0n) is 14.3.